The molecular weight excluding hydrogens is 358 g/mol. The van der Waals surface area contributed by atoms with E-state index in [1.54, 1.807) is 0 Å². The van der Waals surface area contributed by atoms with Crippen molar-refractivity contribution in [1.82, 2.24) is 9.88 Å². The van der Waals surface area contributed by atoms with E-state index >= 15 is 0 Å². The van der Waals surface area contributed by atoms with Crippen molar-refractivity contribution in [2.24, 2.45) is 0 Å². The highest BCUT2D eigenvalue weighted by Gasteiger charge is 2.27. The Morgan fingerprint density at radius 1 is 0.862 bits per heavy atom. The largest absolute Gasteiger partial charge is 0.368 e. The normalized spacial score (nSPS) is 14.9. The topological polar surface area (TPSA) is 39.3 Å². The van der Waals surface area contributed by atoms with Gasteiger partial charge in [-0.2, -0.15) is 0 Å². The number of para-hydroxylation sites is 1. The van der Waals surface area contributed by atoms with E-state index in [4.69, 9.17) is 0 Å². The van der Waals surface area contributed by atoms with Gasteiger partial charge in [0.1, 0.15) is 0 Å². The van der Waals surface area contributed by atoms with Crippen LogP contribution >= 0.6 is 0 Å². The third kappa shape index (κ3) is 3.93. The number of hydrogen-bond acceptors (Lipinski definition) is 2. The molecule has 1 saturated heterocycles. The molecule has 2 heterocycles. The van der Waals surface area contributed by atoms with E-state index in [9.17, 15) is 4.79 Å². The van der Waals surface area contributed by atoms with E-state index in [1.165, 1.54) is 11.3 Å². The molecule has 0 spiro atoms. The van der Waals surface area contributed by atoms with E-state index < -0.39 is 0 Å². The van der Waals surface area contributed by atoms with Crippen molar-refractivity contribution in [2.45, 2.75) is 26.2 Å². The lowest BCUT2D eigenvalue weighted by atomic mass is 9.85. The summed E-state index contributed by atoms with van der Waals surface area (Å²) in [6.45, 7) is 9.93. The Morgan fingerprint density at radius 3 is 2.21 bits per heavy atom. The molecule has 4 rings (SSSR count). The first kappa shape index (κ1) is 19.3. The Morgan fingerprint density at radius 2 is 1.52 bits per heavy atom. The zero-order chi connectivity index (χ0) is 20.4. The molecule has 0 radical (unpaired) electrons. The van der Waals surface area contributed by atoms with Crippen LogP contribution in [0.25, 0.3) is 11.3 Å². The summed E-state index contributed by atoms with van der Waals surface area (Å²) in [4.78, 5) is 20.8. The van der Waals surface area contributed by atoms with Gasteiger partial charge in [-0.3, -0.25) is 4.79 Å². The number of aromatic nitrogens is 1. The Bertz CT molecular complexity index is 977. The minimum atomic E-state index is 0.0965. The molecule has 0 saturated carbocycles. The molecule has 4 nitrogen and oxygen atoms in total. The number of aromatic amines is 1. The number of H-pyrrole nitrogens is 1. The van der Waals surface area contributed by atoms with Gasteiger partial charge in [0.15, 0.2) is 0 Å². The highest BCUT2D eigenvalue weighted by molar-refractivity contribution is 6.00. The Labute approximate surface area is 173 Å². The number of carbonyl (C=O) groups is 1. The van der Waals surface area contributed by atoms with Gasteiger partial charge in [0, 0.05) is 38.1 Å². The summed E-state index contributed by atoms with van der Waals surface area (Å²) in [5.74, 6) is 0.105. The molecule has 150 valence electrons. The van der Waals surface area contributed by atoms with E-state index in [0.29, 0.717) is 0 Å². The fourth-order valence-electron chi connectivity index (χ4n) is 4.10. The van der Waals surface area contributed by atoms with Crippen LogP contribution in [0.3, 0.4) is 0 Å². The molecule has 1 amide bonds. The number of piperazine rings is 1. The second kappa shape index (κ2) is 7.78. The summed E-state index contributed by atoms with van der Waals surface area (Å²) in [7, 11) is 0. The summed E-state index contributed by atoms with van der Waals surface area (Å²) in [6.07, 6.45) is 1.85. The maximum absolute atomic E-state index is 13.2. The van der Waals surface area contributed by atoms with E-state index in [2.05, 4.69) is 54.9 Å². The van der Waals surface area contributed by atoms with Gasteiger partial charge >= 0.3 is 0 Å². The monoisotopic (exact) mass is 387 g/mol. The molecule has 1 fully saturated rings. The number of carbonyl (C=O) groups excluding carboxylic acids is 1. The van der Waals surface area contributed by atoms with Crippen molar-refractivity contribution in [3.63, 3.8) is 0 Å². The van der Waals surface area contributed by atoms with Gasteiger partial charge in [0.2, 0.25) is 0 Å². The van der Waals surface area contributed by atoms with Crippen LogP contribution in [0.4, 0.5) is 5.69 Å². The average Bonchev–Trinajstić information content (AvgIpc) is 3.23. The van der Waals surface area contributed by atoms with Crippen LogP contribution in [0.5, 0.6) is 0 Å². The first-order valence-corrected chi connectivity index (χ1v) is 10.3. The number of nitrogens with zero attached hydrogens (tertiary/aromatic N) is 2. The van der Waals surface area contributed by atoms with Crippen LogP contribution in [0.1, 0.15) is 36.7 Å². The number of amides is 1. The summed E-state index contributed by atoms with van der Waals surface area (Å²) < 4.78 is 0. The Hall–Kier alpha value is -3.01. The fraction of sp³-hybridized carbons (Fsp3) is 0.320. The van der Waals surface area contributed by atoms with E-state index in [0.717, 1.165) is 43.0 Å². The second-order valence-electron chi connectivity index (χ2n) is 8.68. The standard InChI is InChI=1S/C25H29N3O/c1-25(2,3)21-11-7-8-12-22(21)27-15-17-28(18-16-27)24(29)20-13-14-26-23(20)19-9-5-4-6-10-19/h4-14,26H,15-18H2,1-3H3. The Kier molecular flexibility index (Phi) is 5.18. The van der Waals surface area contributed by atoms with Crippen LogP contribution in [-0.2, 0) is 5.41 Å². The third-order valence-electron chi connectivity index (χ3n) is 5.66. The summed E-state index contributed by atoms with van der Waals surface area (Å²) in [6, 6.07) is 20.6. The van der Waals surface area contributed by atoms with Gasteiger partial charge in [0.25, 0.3) is 5.91 Å². The lowest BCUT2D eigenvalue weighted by molar-refractivity contribution is 0.0747. The number of nitrogens with one attached hydrogen (secondary N) is 1. The molecule has 0 atom stereocenters. The van der Waals surface area contributed by atoms with Crippen molar-refractivity contribution < 1.29 is 4.79 Å². The molecule has 1 aromatic heterocycles. The molecule has 3 aromatic rings. The summed E-state index contributed by atoms with van der Waals surface area (Å²) in [5.41, 5.74) is 5.43. The van der Waals surface area contributed by atoms with Gasteiger partial charge in [-0.15, -0.1) is 0 Å². The highest BCUT2D eigenvalue weighted by Crippen LogP contribution is 2.32. The SMILES string of the molecule is CC(C)(C)c1ccccc1N1CCN(C(=O)c2cc[nH]c2-c2ccccc2)CC1. The fourth-order valence-corrected chi connectivity index (χ4v) is 4.10. The quantitative estimate of drug-likeness (QED) is 0.691. The minimum Gasteiger partial charge on any atom is -0.368 e. The molecule has 1 aliphatic rings. The predicted octanol–water partition coefficient (Wildman–Crippen LogP) is 4.94. The number of benzene rings is 2. The average molecular weight is 388 g/mol. The zero-order valence-electron chi connectivity index (χ0n) is 17.5. The van der Waals surface area contributed by atoms with Crippen LogP contribution in [0.2, 0.25) is 0 Å². The molecule has 0 bridgehead atoms. The number of hydrogen-bond donors (Lipinski definition) is 1. The van der Waals surface area contributed by atoms with Crippen molar-refractivity contribution in [1.29, 1.82) is 0 Å². The van der Waals surface area contributed by atoms with Gasteiger partial charge in [0.05, 0.1) is 11.3 Å². The van der Waals surface area contributed by atoms with E-state index in [-0.39, 0.29) is 11.3 Å². The van der Waals surface area contributed by atoms with Crippen LogP contribution in [0.15, 0.2) is 66.9 Å². The minimum absolute atomic E-state index is 0.0965. The van der Waals surface area contributed by atoms with Crippen molar-refractivity contribution >= 4 is 11.6 Å². The van der Waals surface area contributed by atoms with Crippen molar-refractivity contribution in [3.8, 4) is 11.3 Å². The van der Waals surface area contributed by atoms with Gasteiger partial charge in [-0.25, -0.2) is 0 Å². The number of rotatable bonds is 3. The maximum atomic E-state index is 13.2. The maximum Gasteiger partial charge on any atom is 0.256 e. The Balaban J connectivity index is 1.49. The molecular formula is C25H29N3O. The summed E-state index contributed by atoms with van der Waals surface area (Å²) in [5, 5.41) is 0. The van der Waals surface area contributed by atoms with E-state index in [1.807, 2.05) is 47.5 Å². The predicted molar refractivity (Wildman–Crippen MR) is 119 cm³/mol. The molecule has 1 N–H and O–H groups in total. The first-order chi connectivity index (χ1) is 13.9. The van der Waals surface area contributed by atoms with Crippen molar-refractivity contribution in [3.05, 3.63) is 78.0 Å². The van der Waals surface area contributed by atoms with Gasteiger partial charge < -0.3 is 14.8 Å². The molecule has 4 heteroatoms. The van der Waals surface area contributed by atoms with Crippen LogP contribution in [0, 0.1) is 0 Å². The molecule has 0 aliphatic carbocycles. The second-order valence-corrected chi connectivity index (χ2v) is 8.68. The highest BCUT2D eigenvalue weighted by atomic mass is 16.2. The smallest absolute Gasteiger partial charge is 0.256 e. The zero-order valence-corrected chi connectivity index (χ0v) is 17.5. The molecule has 29 heavy (non-hydrogen) atoms. The molecule has 1 aliphatic heterocycles. The third-order valence-corrected chi connectivity index (χ3v) is 5.66. The first-order valence-electron chi connectivity index (χ1n) is 10.3. The number of anilines is 1. The molecule has 0 unspecified atom stereocenters. The lowest BCUT2D eigenvalue weighted by Gasteiger charge is -2.38. The van der Waals surface area contributed by atoms with Gasteiger partial charge in [-0.1, -0.05) is 69.3 Å². The summed E-state index contributed by atoms with van der Waals surface area (Å²) >= 11 is 0. The van der Waals surface area contributed by atoms with Gasteiger partial charge in [-0.05, 0) is 28.7 Å². The molecule has 2 aromatic carbocycles. The van der Waals surface area contributed by atoms with Crippen LogP contribution in [-0.4, -0.2) is 42.0 Å². The van der Waals surface area contributed by atoms with Crippen LogP contribution < -0.4 is 4.90 Å². The van der Waals surface area contributed by atoms with Crippen molar-refractivity contribution in [2.75, 3.05) is 31.1 Å². The lowest BCUT2D eigenvalue weighted by Crippen LogP contribution is -2.49.